The van der Waals surface area contributed by atoms with Gasteiger partial charge >= 0.3 is 0 Å². The van der Waals surface area contributed by atoms with Gasteiger partial charge in [0.15, 0.2) is 0 Å². The molecular weight excluding hydrogens is 236 g/mol. The van der Waals surface area contributed by atoms with Gasteiger partial charge in [-0.2, -0.15) is 5.26 Å². The lowest BCUT2D eigenvalue weighted by Gasteiger charge is -2.07. The van der Waals surface area contributed by atoms with Gasteiger partial charge in [0, 0.05) is 11.4 Å². The monoisotopic (exact) mass is 252 g/mol. The summed E-state index contributed by atoms with van der Waals surface area (Å²) in [6.45, 7) is 4.77. The summed E-state index contributed by atoms with van der Waals surface area (Å²) in [6.07, 6.45) is 0. The smallest absolute Gasteiger partial charge is 0.114 e. The average molecular weight is 252 g/mol. The third-order valence-electron chi connectivity index (χ3n) is 2.13. The lowest BCUT2D eigenvalue weighted by atomic mass is 10.1. The second-order valence-corrected chi connectivity index (χ2v) is 4.64. The Balaban J connectivity index is 2.61. The van der Waals surface area contributed by atoms with Crippen LogP contribution < -0.4 is 0 Å². The van der Waals surface area contributed by atoms with Gasteiger partial charge in [-0.15, -0.1) is 11.8 Å². The summed E-state index contributed by atoms with van der Waals surface area (Å²) in [5.41, 5.74) is 2.52. The van der Waals surface area contributed by atoms with Crippen LogP contribution in [0.25, 0.3) is 0 Å². The average Bonchev–Trinajstić information content (AvgIpc) is 2.28. The van der Waals surface area contributed by atoms with E-state index in [1.54, 1.807) is 0 Å². The summed E-state index contributed by atoms with van der Waals surface area (Å²) < 4.78 is 5.16. The number of aryl methyl sites for hydroxylation is 2. The summed E-state index contributed by atoms with van der Waals surface area (Å²) in [5.74, 6) is 0.727. The maximum Gasteiger partial charge on any atom is 0.114 e. The Labute approximate surface area is 106 Å². The zero-order chi connectivity index (χ0) is 12.7. The molecule has 1 aromatic heterocycles. The first-order valence-electron chi connectivity index (χ1n) is 5.38. The van der Waals surface area contributed by atoms with Crippen LogP contribution in [0.15, 0.2) is 11.1 Å². The van der Waals surface area contributed by atoms with Crippen molar-refractivity contribution in [2.24, 2.45) is 0 Å². The van der Waals surface area contributed by atoms with Crippen molar-refractivity contribution in [2.75, 3.05) is 25.6 Å². The van der Waals surface area contributed by atoms with E-state index in [0.29, 0.717) is 18.8 Å². The molecule has 0 atom stereocenters. The molecule has 5 heteroatoms. The van der Waals surface area contributed by atoms with Crippen molar-refractivity contribution in [1.29, 1.82) is 5.26 Å². The van der Waals surface area contributed by atoms with Gasteiger partial charge in [0.25, 0.3) is 0 Å². The summed E-state index contributed by atoms with van der Waals surface area (Å²) in [6, 6.07) is 4.09. The molecular formula is C12H16N2O2S. The van der Waals surface area contributed by atoms with E-state index in [9.17, 15) is 0 Å². The first-order chi connectivity index (χ1) is 8.19. The maximum atomic E-state index is 9.06. The topological polar surface area (TPSA) is 66.1 Å². The van der Waals surface area contributed by atoms with Crippen LogP contribution in [-0.4, -0.2) is 35.7 Å². The number of aliphatic hydroxyl groups is 1. The van der Waals surface area contributed by atoms with E-state index in [0.717, 1.165) is 22.0 Å². The van der Waals surface area contributed by atoms with Crippen LogP contribution in [0.1, 0.15) is 16.8 Å². The predicted octanol–water partition coefficient (Wildman–Crippen LogP) is 1.67. The molecule has 0 aliphatic carbocycles. The van der Waals surface area contributed by atoms with Crippen molar-refractivity contribution >= 4 is 11.8 Å². The van der Waals surface area contributed by atoms with Crippen LogP contribution in [0.5, 0.6) is 0 Å². The molecule has 0 unspecified atom stereocenters. The van der Waals surface area contributed by atoms with E-state index in [-0.39, 0.29) is 6.61 Å². The van der Waals surface area contributed by atoms with Crippen LogP contribution in [0.2, 0.25) is 0 Å². The van der Waals surface area contributed by atoms with E-state index in [2.05, 4.69) is 11.1 Å². The van der Waals surface area contributed by atoms with E-state index >= 15 is 0 Å². The second-order valence-electron chi connectivity index (χ2n) is 3.56. The first-order valence-corrected chi connectivity index (χ1v) is 6.37. The molecule has 1 heterocycles. The number of nitrogens with zero attached hydrogens (tertiary/aromatic N) is 2. The molecule has 0 aliphatic rings. The van der Waals surface area contributed by atoms with Gasteiger partial charge in [0.05, 0.1) is 25.4 Å². The molecule has 4 nitrogen and oxygen atoms in total. The molecule has 1 N–H and O–H groups in total. The molecule has 0 fully saturated rings. The van der Waals surface area contributed by atoms with E-state index in [1.165, 1.54) is 11.8 Å². The number of nitriles is 1. The largest absolute Gasteiger partial charge is 0.394 e. The minimum atomic E-state index is 0.0376. The number of aromatic nitrogens is 1. The number of hydrogen-bond donors (Lipinski definition) is 1. The Morgan fingerprint density at radius 2 is 2.24 bits per heavy atom. The van der Waals surface area contributed by atoms with Gasteiger partial charge in [0.2, 0.25) is 0 Å². The molecule has 0 saturated heterocycles. The number of hydrogen-bond acceptors (Lipinski definition) is 5. The summed E-state index contributed by atoms with van der Waals surface area (Å²) in [5, 5.41) is 18.4. The third-order valence-corrected chi connectivity index (χ3v) is 3.07. The van der Waals surface area contributed by atoms with Crippen molar-refractivity contribution < 1.29 is 9.84 Å². The normalized spacial score (nSPS) is 10.2. The molecule has 0 aromatic carbocycles. The summed E-state index contributed by atoms with van der Waals surface area (Å²) in [4.78, 5) is 4.36. The van der Waals surface area contributed by atoms with Crippen molar-refractivity contribution in [3.63, 3.8) is 0 Å². The molecule has 0 amide bonds. The summed E-state index contributed by atoms with van der Waals surface area (Å²) >= 11 is 1.51. The highest BCUT2D eigenvalue weighted by Gasteiger charge is 2.08. The predicted molar refractivity (Wildman–Crippen MR) is 67.1 cm³/mol. The molecule has 0 spiro atoms. The fraction of sp³-hybridized carbons (Fsp3) is 0.500. The highest BCUT2D eigenvalue weighted by atomic mass is 32.2. The number of thioether (sulfide) groups is 1. The minimum Gasteiger partial charge on any atom is -0.394 e. The van der Waals surface area contributed by atoms with Gasteiger partial charge in [-0.3, -0.25) is 0 Å². The quantitative estimate of drug-likeness (QED) is 0.616. The molecule has 0 aliphatic heterocycles. The Bertz CT molecular complexity index is 416. The van der Waals surface area contributed by atoms with Crippen LogP contribution >= 0.6 is 11.8 Å². The van der Waals surface area contributed by atoms with E-state index in [4.69, 9.17) is 15.1 Å². The molecule has 0 radical (unpaired) electrons. The van der Waals surface area contributed by atoms with Gasteiger partial charge in [0.1, 0.15) is 11.1 Å². The zero-order valence-corrected chi connectivity index (χ0v) is 10.9. The molecule has 1 aromatic rings. The van der Waals surface area contributed by atoms with Gasteiger partial charge in [-0.05, 0) is 25.5 Å². The lowest BCUT2D eigenvalue weighted by molar-refractivity contribution is 0.103. The van der Waals surface area contributed by atoms with Crippen LogP contribution in [-0.2, 0) is 4.74 Å². The molecule has 0 bridgehead atoms. The Morgan fingerprint density at radius 1 is 1.47 bits per heavy atom. The zero-order valence-electron chi connectivity index (χ0n) is 10.1. The lowest BCUT2D eigenvalue weighted by Crippen LogP contribution is -2.03. The van der Waals surface area contributed by atoms with Crippen molar-refractivity contribution in [3.8, 4) is 6.07 Å². The van der Waals surface area contributed by atoms with Gasteiger partial charge < -0.3 is 9.84 Å². The minimum absolute atomic E-state index is 0.0376. The Kier molecular flexibility index (Phi) is 5.98. The summed E-state index contributed by atoms with van der Waals surface area (Å²) in [7, 11) is 0. The molecule has 17 heavy (non-hydrogen) atoms. The number of ether oxygens (including phenoxy) is 1. The van der Waals surface area contributed by atoms with E-state index in [1.807, 2.05) is 19.9 Å². The highest BCUT2D eigenvalue weighted by Crippen LogP contribution is 2.23. The fourth-order valence-electron chi connectivity index (χ4n) is 1.41. The maximum absolute atomic E-state index is 9.06. The van der Waals surface area contributed by atoms with Crippen LogP contribution in [0.3, 0.4) is 0 Å². The third kappa shape index (κ3) is 4.35. The molecule has 92 valence electrons. The first kappa shape index (κ1) is 14.0. The van der Waals surface area contributed by atoms with Crippen LogP contribution in [0, 0.1) is 25.2 Å². The molecule has 0 saturated carbocycles. The van der Waals surface area contributed by atoms with Crippen molar-refractivity contribution in [2.45, 2.75) is 18.9 Å². The van der Waals surface area contributed by atoms with Gasteiger partial charge in [-0.1, -0.05) is 0 Å². The van der Waals surface area contributed by atoms with Crippen molar-refractivity contribution in [1.82, 2.24) is 4.98 Å². The van der Waals surface area contributed by atoms with Crippen LogP contribution in [0.4, 0.5) is 0 Å². The Morgan fingerprint density at radius 3 is 2.88 bits per heavy atom. The number of aliphatic hydroxyl groups excluding tert-OH is 1. The standard InChI is InChI=1S/C12H16N2O2S/c1-9-7-10(2)14-12(11(9)8-13)17-6-5-16-4-3-15/h7,15H,3-6H2,1-2H3. The number of pyridine rings is 1. The van der Waals surface area contributed by atoms with Crippen molar-refractivity contribution in [3.05, 3.63) is 22.9 Å². The number of rotatable bonds is 6. The Hall–Kier alpha value is -1.09. The second kappa shape index (κ2) is 7.28. The SMILES string of the molecule is Cc1cc(C)c(C#N)c(SCCOCCO)n1. The van der Waals surface area contributed by atoms with Gasteiger partial charge in [-0.25, -0.2) is 4.98 Å². The van der Waals surface area contributed by atoms with E-state index < -0.39 is 0 Å². The highest BCUT2D eigenvalue weighted by molar-refractivity contribution is 7.99. The molecule has 1 rings (SSSR count). The fourth-order valence-corrected chi connectivity index (χ4v) is 2.36.